The summed E-state index contributed by atoms with van der Waals surface area (Å²) in [7, 11) is -3.52. The molecule has 1 fully saturated rings. The van der Waals surface area contributed by atoms with Crippen LogP contribution in [-0.2, 0) is 21.4 Å². The third-order valence-electron chi connectivity index (χ3n) is 3.36. The Balaban J connectivity index is 2.13. The lowest BCUT2D eigenvalue weighted by Crippen LogP contribution is -2.43. The van der Waals surface area contributed by atoms with Gasteiger partial charge < -0.3 is 9.84 Å². The number of aliphatic hydroxyl groups excluding tert-OH is 1. The van der Waals surface area contributed by atoms with E-state index in [9.17, 15) is 13.5 Å². The van der Waals surface area contributed by atoms with Crippen molar-refractivity contribution in [3.8, 4) is 0 Å². The maximum Gasteiger partial charge on any atom is 0.244 e. The fraction of sp³-hybridized carbons (Fsp3) is 0.692. The first-order chi connectivity index (χ1) is 9.59. The summed E-state index contributed by atoms with van der Waals surface area (Å²) in [6.07, 6.45) is 2.63. The van der Waals surface area contributed by atoms with Gasteiger partial charge in [-0.25, -0.2) is 8.42 Å². The van der Waals surface area contributed by atoms with Crippen LogP contribution in [0.5, 0.6) is 0 Å². The molecule has 2 heterocycles. The van der Waals surface area contributed by atoms with Crippen LogP contribution < -0.4 is 0 Å². The highest BCUT2D eigenvalue weighted by atomic mass is 32.2. The number of hydrogen-bond acceptors (Lipinski definition) is 5. The fourth-order valence-corrected chi connectivity index (χ4v) is 5.13. The molecule has 0 aliphatic carbocycles. The first-order valence-electron chi connectivity index (χ1n) is 6.88. The van der Waals surface area contributed by atoms with E-state index in [1.54, 1.807) is 11.4 Å². The van der Waals surface area contributed by atoms with E-state index in [1.807, 2.05) is 6.92 Å². The van der Waals surface area contributed by atoms with Gasteiger partial charge in [0, 0.05) is 24.6 Å². The van der Waals surface area contributed by atoms with Gasteiger partial charge in [-0.3, -0.25) is 0 Å². The van der Waals surface area contributed by atoms with Crippen LogP contribution in [0, 0.1) is 0 Å². The molecule has 2 rings (SSSR count). The second-order valence-corrected chi connectivity index (χ2v) is 7.77. The first kappa shape index (κ1) is 15.9. The van der Waals surface area contributed by atoms with Gasteiger partial charge in [-0.2, -0.15) is 4.31 Å². The number of sulfonamides is 1. The molecular formula is C13H21NO4S2. The molecular weight excluding hydrogens is 298 g/mol. The van der Waals surface area contributed by atoms with Crippen molar-refractivity contribution in [3.63, 3.8) is 0 Å². The molecule has 0 bridgehead atoms. The van der Waals surface area contributed by atoms with Crippen molar-refractivity contribution >= 4 is 21.4 Å². The molecule has 1 unspecified atom stereocenters. The normalized spacial score (nSPS) is 21.2. The predicted octanol–water partition coefficient (Wildman–Crippen LogP) is 1.82. The molecule has 1 saturated heterocycles. The highest BCUT2D eigenvalue weighted by Crippen LogP contribution is 2.27. The molecule has 1 N–H and O–H groups in total. The Hall–Kier alpha value is -0.470. The van der Waals surface area contributed by atoms with Crippen molar-refractivity contribution in [2.45, 2.75) is 43.8 Å². The number of aliphatic hydroxyl groups is 1. The molecule has 5 nitrogen and oxygen atoms in total. The molecule has 0 aromatic carbocycles. The zero-order valence-corrected chi connectivity index (χ0v) is 13.3. The summed E-state index contributed by atoms with van der Waals surface area (Å²) in [5.41, 5.74) is 0. The van der Waals surface area contributed by atoms with Crippen LogP contribution in [0.15, 0.2) is 16.3 Å². The summed E-state index contributed by atoms with van der Waals surface area (Å²) >= 11 is 1.27. The zero-order valence-electron chi connectivity index (χ0n) is 11.6. The van der Waals surface area contributed by atoms with Crippen molar-refractivity contribution in [1.29, 1.82) is 0 Å². The van der Waals surface area contributed by atoms with Gasteiger partial charge in [0.05, 0.1) is 17.6 Å². The van der Waals surface area contributed by atoms with Gasteiger partial charge in [0.1, 0.15) is 0 Å². The van der Waals surface area contributed by atoms with Crippen LogP contribution in [0.4, 0.5) is 0 Å². The van der Waals surface area contributed by atoms with Crippen LogP contribution in [0.2, 0.25) is 0 Å². The van der Waals surface area contributed by atoms with E-state index in [-0.39, 0.29) is 17.6 Å². The van der Waals surface area contributed by atoms with E-state index in [4.69, 9.17) is 4.74 Å². The Labute approximate surface area is 124 Å². The van der Waals surface area contributed by atoms with Gasteiger partial charge in [-0.15, -0.1) is 11.3 Å². The molecule has 7 heteroatoms. The van der Waals surface area contributed by atoms with Crippen LogP contribution >= 0.6 is 11.3 Å². The Morgan fingerprint density at radius 1 is 1.55 bits per heavy atom. The Kier molecular flexibility index (Phi) is 5.57. The van der Waals surface area contributed by atoms with Crippen molar-refractivity contribution in [2.75, 3.05) is 19.7 Å². The molecule has 1 aromatic rings. The summed E-state index contributed by atoms with van der Waals surface area (Å²) in [6.45, 7) is 3.39. The van der Waals surface area contributed by atoms with Crippen LogP contribution in [-0.4, -0.2) is 43.6 Å². The molecule has 20 heavy (non-hydrogen) atoms. The van der Waals surface area contributed by atoms with Gasteiger partial charge in [-0.1, -0.05) is 6.92 Å². The average molecular weight is 319 g/mol. The lowest BCUT2D eigenvalue weighted by atomic mass is 10.1. The van der Waals surface area contributed by atoms with Crippen LogP contribution in [0.3, 0.4) is 0 Å². The van der Waals surface area contributed by atoms with Crippen molar-refractivity contribution in [1.82, 2.24) is 4.31 Å². The minimum atomic E-state index is -3.52. The first-order valence-corrected chi connectivity index (χ1v) is 9.20. The van der Waals surface area contributed by atoms with Crippen molar-refractivity contribution in [2.24, 2.45) is 0 Å². The highest BCUT2D eigenvalue weighted by Gasteiger charge is 2.32. The lowest BCUT2D eigenvalue weighted by Gasteiger charge is -2.31. The predicted molar refractivity (Wildman–Crippen MR) is 78.3 cm³/mol. The monoisotopic (exact) mass is 319 g/mol. The summed E-state index contributed by atoms with van der Waals surface area (Å²) in [6, 6.07) is 1.57. The van der Waals surface area contributed by atoms with Gasteiger partial charge >= 0.3 is 0 Å². The SMILES string of the molecule is CCCOC1CCCN(S(=O)(=O)c2ccsc2CO)C1. The van der Waals surface area contributed by atoms with E-state index in [2.05, 4.69) is 0 Å². The maximum atomic E-state index is 12.6. The largest absolute Gasteiger partial charge is 0.391 e. The topological polar surface area (TPSA) is 66.8 Å². The summed E-state index contributed by atoms with van der Waals surface area (Å²) in [4.78, 5) is 0.739. The smallest absolute Gasteiger partial charge is 0.244 e. The Bertz CT molecular complexity index is 526. The number of nitrogens with zero attached hydrogens (tertiary/aromatic N) is 1. The number of ether oxygens (including phenoxy) is 1. The minimum Gasteiger partial charge on any atom is -0.391 e. The highest BCUT2D eigenvalue weighted by molar-refractivity contribution is 7.89. The minimum absolute atomic E-state index is 0.0188. The van der Waals surface area contributed by atoms with Gasteiger partial charge in [0.15, 0.2) is 0 Å². The third kappa shape index (κ3) is 3.40. The van der Waals surface area contributed by atoms with Crippen molar-refractivity contribution in [3.05, 3.63) is 16.3 Å². The van der Waals surface area contributed by atoms with E-state index in [1.165, 1.54) is 15.6 Å². The van der Waals surface area contributed by atoms with Crippen LogP contribution in [0.1, 0.15) is 31.1 Å². The standard InChI is InChI=1S/C13H21NO4S2/c1-2-7-18-11-4-3-6-14(9-11)20(16,17)13-5-8-19-12(13)10-15/h5,8,11,15H,2-4,6-7,9-10H2,1H3. The van der Waals surface area contributed by atoms with Crippen LogP contribution in [0.25, 0.3) is 0 Å². The second-order valence-electron chi connectivity index (χ2n) is 4.86. The summed E-state index contributed by atoms with van der Waals surface area (Å²) in [5, 5.41) is 10.9. The molecule has 0 radical (unpaired) electrons. The van der Waals surface area contributed by atoms with E-state index < -0.39 is 10.0 Å². The fourth-order valence-electron chi connectivity index (χ4n) is 2.36. The summed E-state index contributed by atoms with van der Waals surface area (Å²) in [5.74, 6) is 0. The van der Waals surface area contributed by atoms with E-state index in [0.717, 1.165) is 19.3 Å². The number of thiophene rings is 1. The lowest BCUT2D eigenvalue weighted by molar-refractivity contribution is 0.0193. The number of hydrogen-bond donors (Lipinski definition) is 1. The molecule has 0 saturated carbocycles. The molecule has 0 amide bonds. The number of rotatable bonds is 6. The van der Waals surface area contributed by atoms with Gasteiger partial charge in [0.2, 0.25) is 10.0 Å². The van der Waals surface area contributed by atoms with Gasteiger partial charge in [0.25, 0.3) is 0 Å². The second kappa shape index (κ2) is 7.00. The molecule has 1 aromatic heterocycles. The van der Waals surface area contributed by atoms with Gasteiger partial charge in [-0.05, 0) is 30.7 Å². The molecule has 1 aliphatic heterocycles. The molecule has 0 spiro atoms. The van der Waals surface area contributed by atoms with E-state index >= 15 is 0 Å². The molecule has 114 valence electrons. The molecule has 1 atom stereocenters. The maximum absolute atomic E-state index is 12.6. The Morgan fingerprint density at radius 2 is 2.35 bits per heavy atom. The molecule has 1 aliphatic rings. The zero-order chi connectivity index (χ0) is 14.6. The number of piperidine rings is 1. The quantitative estimate of drug-likeness (QED) is 0.868. The Morgan fingerprint density at radius 3 is 3.05 bits per heavy atom. The third-order valence-corrected chi connectivity index (χ3v) is 6.35. The van der Waals surface area contributed by atoms with E-state index in [0.29, 0.717) is 24.6 Å². The van der Waals surface area contributed by atoms with Crippen molar-refractivity contribution < 1.29 is 18.3 Å². The summed E-state index contributed by atoms with van der Waals surface area (Å²) < 4.78 is 32.4. The average Bonchev–Trinajstić information content (AvgIpc) is 2.94.